The number of aromatic nitrogens is 2. The van der Waals surface area contributed by atoms with Gasteiger partial charge in [-0.25, -0.2) is 4.98 Å². The van der Waals surface area contributed by atoms with Gasteiger partial charge < -0.3 is 10.3 Å². The molecular formula is C14H18N4O2. The van der Waals surface area contributed by atoms with Crippen LogP contribution in [0, 0.1) is 17.0 Å². The molecular weight excluding hydrogens is 256 g/mol. The fourth-order valence-corrected chi connectivity index (χ4v) is 2.11. The molecule has 0 fully saturated rings. The molecule has 106 valence electrons. The number of nitrogens with one attached hydrogen (secondary N) is 2. The SMILES string of the molecule is CCC(NCc1ccc(C)c([N+](=O)[O-])c1)c1ncc[nH]1. The van der Waals surface area contributed by atoms with E-state index in [1.165, 1.54) is 0 Å². The summed E-state index contributed by atoms with van der Waals surface area (Å²) >= 11 is 0. The molecule has 1 aromatic heterocycles. The second-order valence-corrected chi connectivity index (χ2v) is 4.69. The van der Waals surface area contributed by atoms with Crippen molar-refractivity contribution >= 4 is 5.69 Å². The average Bonchev–Trinajstić information content (AvgIpc) is 2.95. The largest absolute Gasteiger partial charge is 0.347 e. The Kier molecular flexibility index (Phi) is 4.47. The van der Waals surface area contributed by atoms with Crippen LogP contribution in [0.2, 0.25) is 0 Å². The highest BCUT2D eigenvalue weighted by Crippen LogP contribution is 2.20. The lowest BCUT2D eigenvalue weighted by molar-refractivity contribution is -0.385. The Labute approximate surface area is 117 Å². The van der Waals surface area contributed by atoms with Gasteiger partial charge in [-0.15, -0.1) is 0 Å². The first-order valence-electron chi connectivity index (χ1n) is 6.58. The molecule has 6 nitrogen and oxygen atoms in total. The first kappa shape index (κ1) is 14.2. The van der Waals surface area contributed by atoms with Gasteiger partial charge >= 0.3 is 0 Å². The summed E-state index contributed by atoms with van der Waals surface area (Å²) < 4.78 is 0. The number of nitro groups is 1. The normalized spacial score (nSPS) is 12.3. The van der Waals surface area contributed by atoms with Crippen LogP contribution in [-0.4, -0.2) is 14.9 Å². The van der Waals surface area contributed by atoms with Gasteiger partial charge in [0.25, 0.3) is 5.69 Å². The van der Waals surface area contributed by atoms with Crippen LogP contribution < -0.4 is 5.32 Å². The van der Waals surface area contributed by atoms with Crippen LogP contribution in [0.5, 0.6) is 0 Å². The lowest BCUT2D eigenvalue weighted by Gasteiger charge is -2.14. The highest BCUT2D eigenvalue weighted by atomic mass is 16.6. The number of nitrogens with zero attached hydrogens (tertiary/aromatic N) is 2. The molecule has 1 atom stereocenters. The van der Waals surface area contributed by atoms with Gasteiger partial charge in [-0.05, 0) is 18.9 Å². The van der Waals surface area contributed by atoms with Gasteiger partial charge in [-0.2, -0.15) is 0 Å². The van der Waals surface area contributed by atoms with Gasteiger partial charge in [0.1, 0.15) is 5.82 Å². The topological polar surface area (TPSA) is 83.8 Å². The van der Waals surface area contributed by atoms with Gasteiger partial charge in [0, 0.05) is 30.6 Å². The van der Waals surface area contributed by atoms with E-state index in [0.29, 0.717) is 12.1 Å². The number of rotatable bonds is 6. The number of hydrogen-bond acceptors (Lipinski definition) is 4. The van der Waals surface area contributed by atoms with Crippen LogP contribution >= 0.6 is 0 Å². The molecule has 0 aliphatic carbocycles. The Morgan fingerprint density at radius 2 is 2.30 bits per heavy atom. The molecule has 2 N–H and O–H groups in total. The zero-order valence-electron chi connectivity index (χ0n) is 11.6. The van der Waals surface area contributed by atoms with Gasteiger partial charge in [0.15, 0.2) is 0 Å². The van der Waals surface area contributed by atoms with Crippen molar-refractivity contribution in [3.63, 3.8) is 0 Å². The third kappa shape index (κ3) is 3.21. The highest BCUT2D eigenvalue weighted by molar-refractivity contribution is 5.42. The van der Waals surface area contributed by atoms with Crippen molar-refractivity contribution in [1.29, 1.82) is 0 Å². The van der Waals surface area contributed by atoms with Crippen molar-refractivity contribution in [2.75, 3.05) is 0 Å². The molecule has 0 aliphatic heterocycles. The molecule has 0 bridgehead atoms. The summed E-state index contributed by atoms with van der Waals surface area (Å²) in [5.74, 6) is 0.883. The molecule has 0 saturated heterocycles. The molecule has 20 heavy (non-hydrogen) atoms. The summed E-state index contributed by atoms with van der Waals surface area (Å²) in [6.45, 7) is 4.38. The Morgan fingerprint density at radius 1 is 1.50 bits per heavy atom. The lowest BCUT2D eigenvalue weighted by atomic mass is 10.1. The molecule has 0 radical (unpaired) electrons. The van der Waals surface area contributed by atoms with Crippen LogP contribution in [0.25, 0.3) is 0 Å². The number of imidazole rings is 1. The predicted octanol–water partition coefficient (Wildman–Crippen LogP) is 2.87. The van der Waals surface area contributed by atoms with E-state index in [1.54, 1.807) is 31.5 Å². The van der Waals surface area contributed by atoms with Crippen LogP contribution in [0.15, 0.2) is 30.6 Å². The molecule has 0 saturated carbocycles. The zero-order valence-corrected chi connectivity index (χ0v) is 11.6. The molecule has 2 rings (SSSR count). The predicted molar refractivity (Wildman–Crippen MR) is 76.3 cm³/mol. The van der Waals surface area contributed by atoms with Gasteiger partial charge in [0.2, 0.25) is 0 Å². The smallest absolute Gasteiger partial charge is 0.272 e. The number of aryl methyl sites for hydroxylation is 1. The first-order valence-corrected chi connectivity index (χ1v) is 6.58. The third-order valence-electron chi connectivity index (χ3n) is 3.28. The van der Waals surface area contributed by atoms with Crippen LogP contribution in [0.1, 0.15) is 36.3 Å². The zero-order chi connectivity index (χ0) is 14.5. The maximum Gasteiger partial charge on any atom is 0.272 e. The molecule has 1 heterocycles. The molecule has 6 heteroatoms. The fourth-order valence-electron chi connectivity index (χ4n) is 2.11. The molecule has 1 aromatic carbocycles. The minimum Gasteiger partial charge on any atom is -0.347 e. The maximum atomic E-state index is 10.9. The summed E-state index contributed by atoms with van der Waals surface area (Å²) in [7, 11) is 0. The Morgan fingerprint density at radius 3 is 2.90 bits per heavy atom. The van der Waals surface area contributed by atoms with Crippen LogP contribution in [0.4, 0.5) is 5.69 Å². The first-order chi connectivity index (χ1) is 9.61. The number of H-pyrrole nitrogens is 1. The van der Waals surface area contributed by atoms with Crippen LogP contribution in [-0.2, 0) is 6.54 Å². The van der Waals surface area contributed by atoms with E-state index in [9.17, 15) is 10.1 Å². The summed E-state index contributed by atoms with van der Waals surface area (Å²) in [6, 6.07) is 5.43. The Bertz CT molecular complexity index is 581. The third-order valence-corrected chi connectivity index (χ3v) is 3.28. The summed E-state index contributed by atoms with van der Waals surface area (Å²) in [5.41, 5.74) is 1.74. The van der Waals surface area contributed by atoms with Gasteiger partial charge in [-0.3, -0.25) is 10.1 Å². The maximum absolute atomic E-state index is 10.9. The number of benzene rings is 1. The van der Waals surface area contributed by atoms with Gasteiger partial charge in [0.05, 0.1) is 11.0 Å². The second kappa shape index (κ2) is 6.29. The summed E-state index contributed by atoms with van der Waals surface area (Å²) in [4.78, 5) is 17.9. The minimum atomic E-state index is -0.345. The Balaban J connectivity index is 2.07. The number of nitro benzene ring substituents is 1. The van der Waals surface area contributed by atoms with Crippen molar-refractivity contribution in [1.82, 2.24) is 15.3 Å². The van der Waals surface area contributed by atoms with E-state index in [1.807, 2.05) is 6.07 Å². The van der Waals surface area contributed by atoms with E-state index >= 15 is 0 Å². The van der Waals surface area contributed by atoms with E-state index in [0.717, 1.165) is 17.8 Å². The number of aromatic amines is 1. The molecule has 1 unspecified atom stereocenters. The van der Waals surface area contributed by atoms with Crippen molar-refractivity contribution in [3.8, 4) is 0 Å². The monoisotopic (exact) mass is 274 g/mol. The molecule has 0 aliphatic rings. The van der Waals surface area contributed by atoms with Gasteiger partial charge in [-0.1, -0.05) is 19.1 Å². The van der Waals surface area contributed by atoms with Crippen molar-refractivity contribution < 1.29 is 4.92 Å². The van der Waals surface area contributed by atoms with Crippen LogP contribution in [0.3, 0.4) is 0 Å². The van der Waals surface area contributed by atoms with Crippen molar-refractivity contribution in [2.45, 2.75) is 32.9 Å². The number of hydrogen-bond donors (Lipinski definition) is 2. The molecule has 0 amide bonds. The standard InChI is InChI=1S/C14H18N4O2/c1-3-12(14-15-6-7-16-14)17-9-11-5-4-10(2)13(8-11)18(19)20/h4-8,12,17H,3,9H2,1-2H3,(H,15,16). The van der Waals surface area contributed by atoms with E-state index in [2.05, 4.69) is 22.2 Å². The average molecular weight is 274 g/mol. The molecule has 2 aromatic rings. The van der Waals surface area contributed by atoms with E-state index in [-0.39, 0.29) is 16.7 Å². The van der Waals surface area contributed by atoms with E-state index in [4.69, 9.17) is 0 Å². The van der Waals surface area contributed by atoms with Crippen molar-refractivity contribution in [3.05, 3.63) is 57.7 Å². The minimum absolute atomic E-state index is 0.116. The van der Waals surface area contributed by atoms with Crippen molar-refractivity contribution in [2.24, 2.45) is 0 Å². The summed E-state index contributed by atoms with van der Waals surface area (Å²) in [6.07, 6.45) is 4.40. The quantitative estimate of drug-likeness (QED) is 0.626. The lowest BCUT2D eigenvalue weighted by Crippen LogP contribution is -2.21. The second-order valence-electron chi connectivity index (χ2n) is 4.69. The molecule has 0 spiro atoms. The van der Waals surface area contributed by atoms with E-state index < -0.39 is 0 Å². The highest BCUT2D eigenvalue weighted by Gasteiger charge is 2.13. The Hall–Kier alpha value is -2.21. The fraction of sp³-hybridized carbons (Fsp3) is 0.357. The summed E-state index contributed by atoms with van der Waals surface area (Å²) in [5, 5.41) is 14.3.